The lowest BCUT2D eigenvalue weighted by atomic mass is 10.1. The van der Waals surface area contributed by atoms with Gasteiger partial charge in [-0.1, -0.05) is 35.9 Å². The first-order valence-electron chi connectivity index (χ1n) is 10.9. The van der Waals surface area contributed by atoms with Crippen LogP contribution in [-0.2, 0) is 17.9 Å². The second-order valence-corrected chi connectivity index (χ2v) is 8.38. The summed E-state index contributed by atoms with van der Waals surface area (Å²) in [4.78, 5) is 46.4. The number of carbonyl (C=O) groups is 3. The summed E-state index contributed by atoms with van der Waals surface area (Å²) in [6.07, 6.45) is 0.121. The summed E-state index contributed by atoms with van der Waals surface area (Å²) in [5.41, 5.74) is 7.88. The highest BCUT2D eigenvalue weighted by molar-refractivity contribution is 6.29. The van der Waals surface area contributed by atoms with Crippen LogP contribution < -0.4 is 11.1 Å². The second-order valence-electron chi connectivity index (χ2n) is 7.99. The molecule has 1 aliphatic rings. The third kappa shape index (κ3) is 5.47. The average Bonchev–Trinajstić information content (AvgIpc) is 3.33. The lowest BCUT2D eigenvalue weighted by molar-refractivity contribution is -0.128. The molecule has 1 aliphatic heterocycles. The Hall–Kier alpha value is -3.82. The van der Waals surface area contributed by atoms with Crippen molar-refractivity contribution in [2.75, 3.05) is 13.1 Å². The predicted octanol–water partition coefficient (Wildman–Crippen LogP) is 2.57. The van der Waals surface area contributed by atoms with E-state index in [1.54, 1.807) is 0 Å². The minimum atomic E-state index is -1.20. The molecule has 0 aliphatic carbocycles. The van der Waals surface area contributed by atoms with E-state index in [1.807, 2.05) is 24.3 Å². The molecule has 3 aromatic rings. The summed E-state index contributed by atoms with van der Waals surface area (Å²) >= 11 is 5.83. The summed E-state index contributed by atoms with van der Waals surface area (Å²) in [5.74, 6) is -1.95. The zero-order valence-electron chi connectivity index (χ0n) is 18.7. The molecule has 2 heterocycles. The van der Waals surface area contributed by atoms with E-state index >= 15 is 0 Å². The Bertz CT molecular complexity index is 1170. The lowest BCUT2D eigenvalue weighted by Crippen LogP contribution is -2.53. The first kappa shape index (κ1) is 24.3. The Morgan fingerprint density at radius 1 is 0.971 bits per heavy atom. The van der Waals surface area contributed by atoms with E-state index in [9.17, 15) is 18.8 Å². The van der Waals surface area contributed by atoms with Gasteiger partial charge < -0.3 is 20.9 Å². The molecule has 1 saturated heterocycles. The topological polar surface area (TPSA) is 109 Å². The number of aromatic nitrogens is 1. The van der Waals surface area contributed by atoms with E-state index in [-0.39, 0.29) is 35.9 Å². The van der Waals surface area contributed by atoms with Crippen molar-refractivity contribution in [1.29, 1.82) is 0 Å². The minimum Gasteiger partial charge on any atom is -0.349 e. The molecule has 180 valence electrons. The fraction of sp³-hybridized carbons (Fsp3) is 0.200. The first-order valence-corrected chi connectivity index (χ1v) is 11.3. The summed E-state index contributed by atoms with van der Waals surface area (Å²) in [7, 11) is 0. The molecule has 0 radical (unpaired) electrons. The molecule has 2 aromatic carbocycles. The number of rotatable bonds is 6. The number of benzene rings is 2. The molecule has 1 atom stereocenters. The number of nitrogens with one attached hydrogen (secondary N) is 1. The van der Waals surface area contributed by atoms with Crippen LogP contribution in [0.4, 0.5) is 4.39 Å². The largest absolute Gasteiger partial charge is 0.349 e. The SMILES string of the molecule is NCc1cccc(CNC(=O)C2N(C(=O)c3ccc(F)cc3)CCN2C(=O)c2ccc(Cl)nc2)c1. The average molecular weight is 496 g/mol. The number of amides is 3. The number of pyridine rings is 1. The number of nitrogens with zero attached hydrogens (tertiary/aromatic N) is 3. The van der Waals surface area contributed by atoms with Gasteiger partial charge in [-0.3, -0.25) is 14.4 Å². The van der Waals surface area contributed by atoms with Crippen LogP contribution in [0.5, 0.6) is 0 Å². The monoisotopic (exact) mass is 495 g/mol. The number of hydrogen-bond acceptors (Lipinski definition) is 5. The van der Waals surface area contributed by atoms with Crippen LogP contribution in [-0.4, -0.2) is 51.8 Å². The number of hydrogen-bond donors (Lipinski definition) is 2. The summed E-state index contributed by atoms with van der Waals surface area (Å²) in [6, 6.07) is 15.5. The highest BCUT2D eigenvalue weighted by Crippen LogP contribution is 2.22. The Balaban J connectivity index is 1.59. The van der Waals surface area contributed by atoms with Gasteiger partial charge in [-0.15, -0.1) is 0 Å². The standard InChI is InChI=1S/C25H23ClFN5O3/c26-21-9-6-19(15-29-21)25(35)32-11-10-31(24(34)18-4-7-20(27)8-5-18)23(32)22(33)30-14-17-3-1-2-16(12-17)13-28/h1-9,12,15,23H,10-11,13-14,28H2,(H,30,33). The van der Waals surface area contributed by atoms with E-state index in [4.69, 9.17) is 17.3 Å². The van der Waals surface area contributed by atoms with E-state index in [0.717, 1.165) is 11.1 Å². The smallest absolute Gasteiger partial charge is 0.264 e. The molecule has 10 heteroatoms. The van der Waals surface area contributed by atoms with Crippen molar-refractivity contribution in [3.8, 4) is 0 Å². The van der Waals surface area contributed by atoms with Gasteiger partial charge in [0.25, 0.3) is 17.7 Å². The molecule has 1 aromatic heterocycles. The van der Waals surface area contributed by atoms with Gasteiger partial charge in [0.15, 0.2) is 6.17 Å². The molecule has 0 saturated carbocycles. The maximum absolute atomic E-state index is 13.4. The summed E-state index contributed by atoms with van der Waals surface area (Å²) in [6.45, 7) is 0.812. The van der Waals surface area contributed by atoms with Gasteiger partial charge in [0.05, 0.1) is 5.56 Å². The van der Waals surface area contributed by atoms with Crippen LogP contribution in [0.2, 0.25) is 5.15 Å². The molecule has 4 rings (SSSR count). The van der Waals surface area contributed by atoms with Crippen molar-refractivity contribution in [2.24, 2.45) is 5.73 Å². The Kier molecular flexibility index (Phi) is 7.38. The molecule has 1 unspecified atom stereocenters. The number of nitrogens with two attached hydrogens (primary N) is 1. The molecular formula is C25H23ClFN5O3. The van der Waals surface area contributed by atoms with Crippen LogP contribution in [0.1, 0.15) is 31.8 Å². The third-order valence-corrected chi connectivity index (χ3v) is 5.91. The molecule has 35 heavy (non-hydrogen) atoms. The zero-order chi connectivity index (χ0) is 24.9. The molecule has 1 fully saturated rings. The van der Waals surface area contributed by atoms with E-state index in [1.165, 1.54) is 52.4 Å². The minimum absolute atomic E-state index is 0.129. The molecule has 0 bridgehead atoms. The van der Waals surface area contributed by atoms with Crippen LogP contribution >= 0.6 is 11.6 Å². The van der Waals surface area contributed by atoms with Crippen molar-refractivity contribution in [3.05, 3.63) is 100 Å². The van der Waals surface area contributed by atoms with Crippen molar-refractivity contribution < 1.29 is 18.8 Å². The van der Waals surface area contributed by atoms with Crippen molar-refractivity contribution in [3.63, 3.8) is 0 Å². The normalized spacial score (nSPS) is 15.2. The van der Waals surface area contributed by atoms with Crippen LogP contribution in [0.15, 0.2) is 66.9 Å². The quantitative estimate of drug-likeness (QED) is 0.511. The third-order valence-electron chi connectivity index (χ3n) is 5.69. The second kappa shape index (κ2) is 10.6. The van der Waals surface area contributed by atoms with E-state index in [2.05, 4.69) is 10.3 Å². The fourth-order valence-electron chi connectivity index (χ4n) is 3.91. The maximum atomic E-state index is 13.4. The summed E-state index contributed by atoms with van der Waals surface area (Å²) in [5, 5.41) is 3.05. The molecule has 3 N–H and O–H groups in total. The van der Waals surface area contributed by atoms with Gasteiger partial charge in [-0.2, -0.15) is 0 Å². The Labute approximate surface area is 206 Å². The number of carbonyl (C=O) groups excluding carboxylic acids is 3. The summed E-state index contributed by atoms with van der Waals surface area (Å²) < 4.78 is 13.4. The van der Waals surface area contributed by atoms with Crippen LogP contribution in [0.3, 0.4) is 0 Å². The Morgan fingerprint density at radius 2 is 1.60 bits per heavy atom. The van der Waals surface area contributed by atoms with Crippen molar-refractivity contribution in [1.82, 2.24) is 20.1 Å². The molecule has 0 spiro atoms. The van der Waals surface area contributed by atoms with Crippen molar-refractivity contribution >= 4 is 29.3 Å². The lowest BCUT2D eigenvalue weighted by Gasteiger charge is -2.29. The van der Waals surface area contributed by atoms with Gasteiger partial charge in [0, 0.05) is 37.9 Å². The van der Waals surface area contributed by atoms with E-state index < -0.39 is 29.7 Å². The Morgan fingerprint density at radius 3 is 2.23 bits per heavy atom. The van der Waals surface area contributed by atoms with Crippen LogP contribution in [0.25, 0.3) is 0 Å². The number of halogens is 2. The molecular weight excluding hydrogens is 473 g/mol. The van der Waals surface area contributed by atoms with Gasteiger partial charge in [-0.25, -0.2) is 9.37 Å². The van der Waals surface area contributed by atoms with Crippen molar-refractivity contribution in [2.45, 2.75) is 19.3 Å². The zero-order valence-corrected chi connectivity index (χ0v) is 19.4. The maximum Gasteiger partial charge on any atom is 0.264 e. The molecule has 8 nitrogen and oxygen atoms in total. The fourth-order valence-corrected chi connectivity index (χ4v) is 4.02. The van der Waals surface area contributed by atoms with Gasteiger partial charge in [0.1, 0.15) is 11.0 Å². The van der Waals surface area contributed by atoms with Gasteiger partial charge >= 0.3 is 0 Å². The first-order chi connectivity index (χ1) is 16.9. The van der Waals surface area contributed by atoms with E-state index in [0.29, 0.717) is 6.54 Å². The highest BCUT2D eigenvalue weighted by atomic mass is 35.5. The van der Waals surface area contributed by atoms with Crippen LogP contribution in [0, 0.1) is 5.82 Å². The van der Waals surface area contributed by atoms with Gasteiger partial charge in [-0.05, 0) is 47.5 Å². The highest BCUT2D eigenvalue weighted by Gasteiger charge is 2.43. The van der Waals surface area contributed by atoms with Gasteiger partial charge in [0.2, 0.25) is 0 Å². The molecule has 3 amide bonds. The predicted molar refractivity (Wildman–Crippen MR) is 128 cm³/mol.